The Morgan fingerprint density at radius 2 is 2.04 bits per heavy atom. The molecule has 126 valence electrons. The van der Waals surface area contributed by atoms with Crippen LogP contribution in [0.5, 0.6) is 0 Å². The van der Waals surface area contributed by atoms with Crippen molar-refractivity contribution in [1.82, 2.24) is 20.2 Å². The number of hydrogen-bond donors (Lipinski definition) is 1. The smallest absolute Gasteiger partial charge is 0.271 e. The molecule has 1 aromatic heterocycles. The minimum Gasteiger partial charge on any atom is -0.324 e. The molecular formula is C15H11ClN6O3. The van der Waals surface area contributed by atoms with Crippen molar-refractivity contribution < 1.29 is 9.72 Å². The van der Waals surface area contributed by atoms with Gasteiger partial charge in [0.2, 0.25) is 11.7 Å². The largest absolute Gasteiger partial charge is 0.324 e. The Hall–Kier alpha value is -3.33. The summed E-state index contributed by atoms with van der Waals surface area (Å²) in [6, 6.07) is 12.7. The third-order valence-electron chi connectivity index (χ3n) is 3.19. The number of nitrogens with zero attached hydrogens (tertiary/aromatic N) is 5. The molecule has 3 rings (SSSR count). The van der Waals surface area contributed by atoms with E-state index in [4.69, 9.17) is 11.6 Å². The number of amides is 1. The lowest BCUT2D eigenvalue weighted by atomic mass is 10.2. The molecule has 10 heteroatoms. The van der Waals surface area contributed by atoms with Crippen LogP contribution in [-0.4, -0.2) is 31.0 Å². The first-order valence-electron chi connectivity index (χ1n) is 7.10. The highest BCUT2D eigenvalue weighted by Gasteiger charge is 2.13. The van der Waals surface area contributed by atoms with Crippen LogP contribution in [0.1, 0.15) is 0 Å². The maximum atomic E-state index is 12.0. The highest BCUT2D eigenvalue weighted by molar-refractivity contribution is 6.33. The van der Waals surface area contributed by atoms with Crippen molar-refractivity contribution in [3.05, 3.63) is 63.7 Å². The maximum Gasteiger partial charge on any atom is 0.271 e. The second-order valence-corrected chi connectivity index (χ2v) is 5.39. The van der Waals surface area contributed by atoms with Gasteiger partial charge in [0.05, 0.1) is 9.95 Å². The lowest BCUT2D eigenvalue weighted by molar-refractivity contribution is -0.384. The van der Waals surface area contributed by atoms with Crippen LogP contribution >= 0.6 is 11.6 Å². The van der Waals surface area contributed by atoms with Crippen LogP contribution in [-0.2, 0) is 11.3 Å². The normalized spacial score (nSPS) is 10.4. The van der Waals surface area contributed by atoms with E-state index in [1.54, 1.807) is 30.3 Å². The minimum atomic E-state index is -0.537. The van der Waals surface area contributed by atoms with Gasteiger partial charge in [-0.15, -0.1) is 10.2 Å². The molecule has 0 aliphatic rings. The number of carbonyl (C=O) groups excluding carboxylic acids is 1. The zero-order valence-electron chi connectivity index (χ0n) is 12.7. The molecule has 0 radical (unpaired) electrons. The molecule has 0 unspecified atom stereocenters. The number of nitrogens with one attached hydrogen (secondary N) is 1. The van der Waals surface area contributed by atoms with E-state index in [2.05, 4.69) is 20.7 Å². The molecular weight excluding hydrogens is 348 g/mol. The lowest BCUT2D eigenvalue weighted by Gasteiger charge is -2.04. The van der Waals surface area contributed by atoms with Gasteiger partial charge in [-0.3, -0.25) is 14.9 Å². The average molecular weight is 359 g/mol. The Morgan fingerprint density at radius 3 is 2.80 bits per heavy atom. The molecule has 0 atom stereocenters. The van der Waals surface area contributed by atoms with E-state index < -0.39 is 10.8 Å². The Kier molecular flexibility index (Phi) is 4.66. The summed E-state index contributed by atoms with van der Waals surface area (Å²) in [5, 5.41) is 25.6. The number of hydrogen-bond acceptors (Lipinski definition) is 6. The van der Waals surface area contributed by atoms with Gasteiger partial charge in [-0.1, -0.05) is 29.8 Å². The summed E-state index contributed by atoms with van der Waals surface area (Å²) in [5.41, 5.74) is 0.804. The van der Waals surface area contributed by atoms with Gasteiger partial charge in [-0.25, -0.2) is 0 Å². The topological polar surface area (TPSA) is 116 Å². The number of non-ortho nitro benzene ring substituents is 1. The highest BCUT2D eigenvalue weighted by atomic mass is 35.5. The molecule has 0 fully saturated rings. The number of rotatable bonds is 5. The second kappa shape index (κ2) is 7.05. The van der Waals surface area contributed by atoms with Crippen LogP contribution in [0.2, 0.25) is 5.02 Å². The molecule has 1 amide bonds. The van der Waals surface area contributed by atoms with Crippen molar-refractivity contribution in [3.63, 3.8) is 0 Å². The number of halogens is 1. The van der Waals surface area contributed by atoms with Crippen LogP contribution in [0, 0.1) is 10.1 Å². The number of tetrazole rings is 1. The van der Waals surface area contributed by atoms with Crippen molar-refractivity contribution in [2.75, 3.05) is 5.32 Å². The first kappa shape index (κ1) is 16.5. The molecule has 2 aromatic carbocycles. The predicted molar refractivity (Wildman–Crippen MR) is 90.0 cm³/mol. The van der Waals surface area contributed by atoms with Crippen molar-refractivity contribution in [2.45, 2.75) is 6.54 Å². The van der Waals surface area contributed by atoms with Crippen LogP contribution in [0.15, 0.2) is 48.5 Å². The fourth-order valence-electron chi connectivity index (χ4n) is 2.09. The SMILES string of the molecule is O=C(Cn1nnc(-c2ccccc2Cl)n1)Nc1cccc([N+](=O)[O-])c1. The fraction of sp³-hybridized carbons (Fsp3) is 0.0667. The molecule has 25 heavy (non-hydrogen) atoms. The predicted octanol–water partition coefficient (Wildman–Crippen LogP) is 2.54. The summed E-state index contributed by atoms with van der Waals surface area (Å²) in [5.74, 6) is -0.141. The van der Waals surface area contributed by atoms with Crippen LogP contribution in [0.4, 0.5) is 11.4 Å². The zero-order chi connectivity index (χ0) is 17.8. The molecule has 0 spiro atoms. The quantitative estimate of drug-likeness (QED) is 0.553. The van der Waals surface area contributed by atoms with Crippen molar-refractivity contribution in [3.8, 4) is 11.4 Å². The summed E-state index contributed by atoms with van der Waals surface area (Å²) in [4.78, 5) is 23.4. The third kappa shape index (κ3) is 3.96. The summed E-state index contributed by atoms with van der Waals surface area (Å²) in [7, 11) is 0. The van der Waals surface area contributed by atoms with Gasteiger partial charge in [0.25, 0.3) is 5.69 Å². The van der Waals surface area contributed by atoms with Crippen LogP contribution < -0.4 is 5.32 Å². The molecule has 0 saturated heterocycles. The van der Waals surface area contributed by atoms with E-state index in [1.807, 2.05) is 0 Å². The van der Waals surface area contributed by atoms with E-state index in [0.717, 1.165) is 4.80 Å². The Morgan fingerprint density at radius 1 is 1.24 bits per heavy atom. The fourth-order valence-corrected chi connectivity index (χ4v) is 2.31. The van der Waals surface area contributed by atoms with Gasteiger partial charge in [0.1, 0.15) is 6.54 Å². The van der Waals surface area contributed by atoms with Crippen molar-refractivity contribution >= 4 is 28.9 Å². The Balaban J connectivity index is 1.69. The first-order chi connectivity index (χ1) is 12.0. The third-order valence-corrected chi connectivity index (χ3v) is 3.52. The van der Waals surface area contributed by atoms with Crippen LogP contribution in [0.25, 0.3) is 11.4 Å². The second-order valence-electron chi connectivity index (χ2n) is 4.98. The van der Waals surface area contributed by atoms with Gasteiger partial charge < -0.3 is 5.32 Å². The van der Waals surface area contributed by atoms with Gasteiger partial charge in [0, 0.05) is 23.4 Å². The van der Waals surface area contributed by atoms with Crippen LogP contribution in [0.3, 0.4) is 0 Å². The van der Waals surface area contributed by atoms with Gasteiger partial charge in [-0.2, -0.15) is 4.80 Å². The van der Waals surface area contributed by atoms with E-state index in [9.17, 15) is 14.9 Å². The highest BCUT2D eigenvalue weighted by Crippen LogP contribution is 2.23. The molecule has 9 nitrogen and oxygen atoms in total. The van der Waals surface area contributed by atoms with Crippen molar-refractivity contribution in [1.29, 1.82) is 0 Å². The molecule has 0 aliphatic carbocycles. The summed E-state index contributed by atoms with van der Waals surface area (Å²) < 4.78 is 0. The summed E-state index contributed by atoms with van der Waals surface area (Å²) >= 11 is 6.07. The van der Waals surface area contributed by atoms with Gasteiger partial charge in [0.15, 0.2) is 0 Å². The van der Waals surface area contributed by atoms with E-state index in [1.165, 1.54) is 18.2 Å². The summed E-state index contributed by atoms with van der Waals surface area (Å²) in [6.45, 7) is -0.194. The molecule has 3 aromatic rings. The average Bonchev–Trinajstić information content (AvgIpc) is 3.03. The number of nitro benzene ring substituents is 1. The monoisotopic (exact) mass is 358 g/mol. The number of anilines is 1. The molecule has 1 heterocycles. The molecule has 0 bridgehead atoms. The number of aromatic nitrogens is 4. The summed E-state index contributed by atoms with van der Waals surface area (Å²) in [6.07, 6.45) is 0. The minimum absolute atomic E-state index is 0.113. The number of nitro groups is 1. The standard InChI is InChI=1S/C15H11ClN6O3/c16-13-7-2-1-6-12(13)15-18-20-21(19-15)9-14(23)17-10-4-3-5-11(8-10)22(24)25/h1-8H,9H2,(H,17,23). The first-order valence-corrected chi connectivity index (χ1v) is 7.48. The van der Waals surface area contributed by atoms with E-state index >= 15 is 0 Å². The zero-order valence-corrected chi connectivity index (χ0v) is 13.4. The molecule has 1 N–H and O–H groups in total. The van der Waals surface area contributed by atoms with Gasteiger partial charge >= 0.3 is 0 Å². The van der Waals surface area contributed by atoms with Gasteiger partial charge in [-0.05, 0) is 23.4 Å². The lowest BCUT2D eigenvalue weighted by Crippen LogP contribution is -2.20. The Bertz CT molecular complexity index is 942. The molecule has 0 aliphatic heterocycles. The van der Waals surface area contributed by atoms with Crippen molar-refractivity contribution in [2.24, 2.45) is 0 Å². The number of benzene rings is 2. The number of carbonyl (C=O) groups is 1. The van der Waals surface area contributed by atoms with E-state index in [-0.39, 0.29) is 12.2 Å². The Labute approximate surface area is 146 Å². The van der Waals surface area contributed by atoms with E-state index in [0.29, 0.717) is 22.1 Å². The maximum absolute atomic E-state index is 12.0. The molecule has 0 saturated carbocycles.